The van der Waals surface area contributed by atoms with Crippen LogP contribution in [-0.4, -0.2) is 17.4 Å². The van der Waals surface area contributed by atoms with Crippen molar-refractivity contribution >= 4 is 17.3 Å². The molecule has 1 aromatic rings. The summed E-state index contributed by atoms with van der Waals surface area (Å²) in [7, 11) is 0. The van der Waals surface area contributed by atoms with Gasteiger partial charge in [0.2, 0.25) is 5.91 Å². The third-order valence-electron chi connectivity index (χ3n) is 2.63. The summed E-state index contributed by atoms with van der Waals surface area (Å²) in [5.41, 5.74) is 6.71. The summed E-state index contributed by atoms with van der Waals surface area (Å²) < 4.78 is 0. The maximum Gasteiger partial charge on any atom is 0.269 e. The summed E-state index contributed by atoms with van der Waals surface area (Å²) >= 11 is 0. The number of nitrogens with zero attached hydrogens (tertiary/aromatic N) is 1. The van der Waals surface area contributed by atoms with Crippen molar-refractivity contribution in [1.82, 2.24) is 0 Å². The summed E-state index contributed by atoms with van der Waals surface area (Å²) in [6, 6.07) is 4.34. The fourth-order valence-corrected chi connectivity index (χ4v) is 1.50. The Bertz CT molecular complexity index is 460. The number of hydrogen-bond donors (Lipinski definition) is 2. The molecule has 1 atom stereocenters. The van der Waals surface area contributed by atoms with Crippen LogP contribution in [0.25, 0.3) is 0 Å². The molecular formula is C12H17N3O3. The van der Waals surface area contributed by atoms with Gasteiger partial charge in [0.05, 0.1) is 4.92 Å². The minimum atomic E-state index is -0.463. The topological polar surface area (TPSA) is 98.3 Å². The molecule has 0 saturated carbocycles. The number of nitro groups is 1. The molecule has 0 bridgehead atoms. The number of rotatable bonds is 5. The van der Waals surface area contributed by atoms with E-state index >= 15 is 0 Å². The second kappa shape index (κ2) is 6.11. The van der Waals surface area contributed by atoms with Crippen LogP contribution in [0.1, 0.15) is 18.9 Å². The van der Waals surface area contributed by atoms with Gasteiger partial charge >= 0.3 is 0 Å². The van der Waals surface area contributed by atoms with Gasteiger partial charge in [-0.15, -0.1) is 0 Å². The van der Waals surface area contributed by atoms with E-state index in [1.807, 2.05) is 6.92 Å². The molecule has 18 heavy (non-hydrogen) atoms. The second-order valence-electron chi connectivity index (χ2n) is 4.35. The van der Waals surface area contributed by atoms with E-state index < -0.39 is 4.92 Å². The van der Waals surface area contributed by atoms with Crippen LogP contribution in [0.5, 0.6) is 0 Å². The monoisotopic (exact) mass is 251 g/mol. The van der Waals surface area contributed by atoms with Gasteiger partial charge in [-0.2, -0.15) is 0 Å². The smallest absolute Gasteiger partial charge is 0.269 e. The van der Waals surface area contributed by atoms with E-state index in [1.165, 1.54) is 12.1 Å². The predicted molar refractivity (Wildman–Crippen MR) is 69.3 cm³/mol. The summed E-state index contributed by atoms with van der Waals surface area (Å²) in [5, 5.41) is 13.3. The number of nitrogens with one attached hydrogen (secondary N) is 1. The molecule has 0 radical (unpaired) electrons. The number of aryl methyl sites for hydroxylation is 1. The van der Waals surface area contributed by atoms with Crippen LogP contribution in [0.2, 0.25) is 0 Å². The van der Waals surface area contributed by atoms with Crippen LogP contribution in [0.15, 0.2) is 18.2 Å². The molecule has 0 aliphatic carbocycles. The third kappa shape index (κ3) is 3.81. The Morgan fingerprint density at radius 1 is 1.56 bits per heavy atom. The van der Waals surface area contributed by atoms with Crippen LogP contribution in [0, 0.1) is 23.0 Å². The summed E-state index contributed by atoms with van der Waals surface area (Å²) in [5.74, 6) is -0.0201. The first-order chi connectivity index (χ1) is 8.43. The fourth-order valence-electron chi connectivity index (χ4n) is 1.50. The zero-order valence-corrected chi connectivity index (χ0v) is 10.5. The molecular weight excluding hydrogens is 234 g/mol. The lowest BCUT2D eigenvalue weighted by atomic mass is 10.1. The third-order valence-corrected chi connectivity index (χ3v) is 2.63. The number of benzene rings is 1. The highest BCUT2D eigenvalue weighted by atomic mass is 16.6. The number of anilines is 1. The minimum Gasteiger partial charge on any atom is -0.330 e. The van der Waals surface area contributed by atoms with Crippen molar-refractivity contribution in [2.75, 3.05) is 11.9 Å². The number of carbonyl (C=O) groups is 1. The van der Waals surface area contributed by atoms with Gasteiger partial charge in [0.1, 0.15) is 0 Å². The lowest BCUT2D eigenvalue weighted by Crippen LogP contribution is -2.20. The molecule has 0 aromatic heterocycles. The Labute approximate surface area is 105 Å². The average molecular weight is 251 g/mol. The van der Waals surface area contributed by atoms with Crippen molar-refractivity contribution in [2.24, 2.45) is 11.7 Å². The second-order valence-corrected chi connectivity index (χ2v) is 4.35. The lowest BCUT2D eigenvalue weighted by molar-refractivity contribution is -0.384. The van der Waals surface area contributed by atoms with E-state index in [0.717, 1.165) is 0 Å². The van der Waals surface area contributed by atoms with Crippen LogP contribution >= 0.6 is 0 Å². The SMILES string of the molecule is Cc1cc([N+](=O)[O-])ccc1NC(=O)CC(C)CN. The van der Waals surface area contributed by atoms with Crippen LogP contribution < -0.4 is 11.1 Å². The van der Waals surface area contributed by atoms with Gasteiger partial charge in [-0.05, 0) is 31.0 Å². The van der Waals surface area contributed by atoms with E-state index in [2.05, 4.69) is 5.32 Å². The molecule has 0 spiro atoms. The largest absolute Gasteiger partial charge is 0.330 e. The standard InChI is InChI=1S/C12H17N3O3/c1-8(7-13)5-12(16)14-11-4-3-10(15(17)18)6-9(11)2/h3-4,6,8H,5,7,13H2,1-2H3,(H,14,16). The number of carbonyl (C=O) groups excluding carboxylic acids is 1. The first kappa shape index (κ1) is 14.1. The Kier molecular flexibility index (Phi) is 4.79. The molecule has 0 heterocycles. The first-order valence-corrected chi connectivity index (χ1v) is 5.69. The highest BCUT2D eigenvalue weighted by Crippen LogP contribution is 2.21. The van der Waals surface area contributed by atoms with E-state index in [-0.39, 0.29) is 17.5 Å². The number of nitro benzene ring substituents is 1. The van der Waals surface area contributed by atoms with Crippen LogP contribution in [0.3, 0.4) is 0 Å². The zero-order chi connectivity index (χ0) is 13.7. The molecule has 6 heteroatoms. The van der Waals surface area contributed by atoms with Crippen molar-refractivity contribution in [3.05, 3.63) is 33.9 Å². The molecule has 6 nitrogen and oxygen atoms in total. The zero-order valence-electron chi connectivity index (χ0n) is 10.5. The maximum absolute atomic E-state index is 11.7. The van der Waals surface area contributed by atoms with Crippen molar-refractivity contribution in [3.63, 3.8) is 0 Å². The summed E-state index contributed by atoms with van der Waals surface area (Å²) in [4.78, 5) is 21.8. The van der Waals surface area contributed by atoms with Crippen LogP contribution in [-0.2, 0) is 4.79 Å². The number of hydrogen-bond acceptors (Lipinski definition) is 4. The highest BCUT2D eigenvalue weighted by Gasteiger charge is 2.11. The molecule has 0 aliphatic heterocycles. The van der Waals surface area contributed by atoms with Gasteiger partial charge in [0, 0.05) is 24.2 Å². The Morgan fingerprint density at radius 3 is 2.72 bits per heavy atom. The normalized spacial score (nSPS) is 11.9. The number of non-ortho nitro benzene ring substituents is 1. The molecule has 1 rings (SSSR count). The maximum atomic E-state index is 11.7. The van der Waals surface area contributed by atoms with E-state index in [4.69, 9.17) is 5.73 Å². The molecule has 0 fully saturated rings. The van der Waals surface area contributed by atoms with Gasteiger partial charge in [-0.25, -0.2) is 0 Å². The average Bonchev–Trinajstić information content (AvgIpc) is 2.31. The Hall–Kier alpha value is -1.95. The fraction of sp³-hybridized carbons (Fsp3) is 0.417. The first-order valence-electron chi connectivity index (χ1n) is 5.69. The highest BCUT2D eigenvalue weighted by molar-refractivity contribution is 5.91. The molecule has 98 valence electrons. The molecule has 1 amide bonds. The van der Waals surface area contributed by atoms with Crippen molar-refractivity contribution < 1.29 is 9.72 Å². The quantitative estimate of drug-likeness (QED) is 0.616. The van der Waals surface area contributed by atoms with Crippen molar-refractivity contribution in [2.45, 2.75) is 20.3 Å². The number of amides is 1. The number of nitrogens with two attached hydrogens (primary N) is 1. The molecule has 0 aliphatic rings. The van der Waals surface area contributed by atoms with Crippen molar-refractivity contribution in [3.8, 4) is 0 Å². The Morgan fingerprint density at radius 2 is 2.22 bits per heavy atom. The van der Waals surface area contributed by atoms with E-state index in [9.17, 15) is 14.9 Å². The van der Waals surface area contributed by atoms with Gasteiger partial charge in [0.15, 0.2) is 0 Å². The van der Waals surface area contributed by atoms with E-state index in [1.54, 1.807) is 13.0 Å². The Balaban J connectivity index is 2.74. The van der Waals surface area contributed by atoms with Gasteiger partial charge in [0.25, 0.3) is 5.69 Å². The lowest BCUT2D eigenvalue weighted by Gasteiger charge is -2.10. The van der Waals surface area contributed by atoms with Gasteiger partial charge in [-0.3, -0.25) is 14.9 Å². The molecule has 0 saturated heterocycles. The molecule has 3 N–H and O–H groups in total. The minimum absolute atomic E-state index is 0.0147. The molecule has 1 unspecified atom stereocenters. The summed E-state index contributed by atoms with van der Waals surface area (Å²) in [6.45, 7) is 4.06. The van der Waals surface area contributed by atoms with Gasteiger partial charge < -0.3 is 11.1 Å². The summed E-state index contributed by atoms with van der Waals surface area (Å²) in [6.07, 6.45) is 0.340. The van der Waals surface area contributed by atoms with Crippen molar-refractivity contribution in [1.29, 1.82) is 0 Å². The predicted octanol–water partition coefficient (Wildman–Crippen LogP) is 1.83. The van der Waals surface area contributed by atoms with Crippen LogP contribution in [0.4, 0.5) is 11.4 Å². The van der Waals surface area contributed by atoms with Gasteiger partial charge in [-0.1, -0.05) is 6.92 Å². The molecule has 1 aromatic carbocycles. The van der Waals surface area contributed by atoms with E-state index in [0.29, 0.717) is 24.2 Å².